The molecule has 19 heavy (non-hydrogen) atoms. The molecule has 0 radical (unpaired) electrons. The summed E-state index contributed by atoms with van der Waals surface area (Å²) in [6.45, 7) is 5.65. The summed E-state index contributed by atoms with van der Waals surface area (Å²) in [4.78, 5) is 12.2. The van der Waals surface area contributed by atoms with Crippen molar-refractivity contribution >= 4 is 11.6 Å². The third-order valence-electron chi connectivity index (χ3n) is 3.06. The lowest BCUT2D eigenvalue weighted by Gasteiger charge is -2.10. The fraction of sp³-hybridized carbons (Fsp3) is 0.188. The zero-order valence-electron chi connectivity index (χ0n) is 11.3. The molecule has 0 spiro atoms. The molecule has 0 aliphatic heterocycles. The molecule has 0 atom stereocenters. The summed E-state index contributed by atoms with van der Waals surface area (Å²) in [7, 11) is 0. The van der Waals surface area contributed by atoms with Gasteiger partial charge in [0.15, 0.2) is 0 Å². The standard InChI is InChI=1S/C16H16FNO/c1-10-4-6-14(11(2)8-10)16(19)18-15-7-5-13(17)9-12(15)3/h4-9H,1-3H3,(H,18,19). The van der Waals surface area contributed by atoms with Crippen molar-refractivity contribution in [3.63, 3.8) is 0 Å². The van der Waals surface area contributed by atoms with E-state index in [2.05, 4.69) is 5.32 Å². The van der Waals surface area contributed by atoms with Crippen LogP contribution in [-0.2, 0) is 0 Å². The number of rotatable bonds is 2. The molecule has 0 aliphatic rings. The second-order valence-electron chi connectivity index (χ2n) is 4.73. The molecule has 2 nitrogen and oxygen atoms in total. The number of carbonyl (C=O) groups is 1. The molecule has 0 saturated carbocycles. The average molecular weight is 257 g/mol. The zero-order valence-corrected chi connectivity index (χ0v) is 11.3. The highest BCUT2D eigenvalue weighted by molar-refractivity contribution is 6.05. The monoisotopic (exact) mass is 257 g/mol. The minimum absolute atomic E-state index is 0.174. The summed E-state index contributed by atoms with van der Waals surface area (Å²) in [5.74, 6) is -0.478. The van der Waals surface area contributed by atoms with Crippen molar-refractivity contribution in [2.45, 2.75) is 20.8 Å². The van der Waals surface area contributed by atoms with Gasteiger partial charge >= 0.3 is 0 Å². The molecule has 98 valence electrons. The Bertz CT molecular complexity index is 635. The van der Waals surface area contributed by atoms with E-state index in [0.29, 0.717) is 16.8 Å². The van der Waals surface area contributed by atoms with Crippen molar-refractivity contribution in [1.29, 1.82) is 0 Å². The van der Waals surface area contributed by atoms with Gasteiger partial charge in [-0.3, -0.25) is 4.79 Å². The molecule has 0 bridgehead atoms. The normalized spacial score (nSPS) is 10.3. The highest BCUT2D eigenvalue weighted by Gasteiger charge is 2.10. The first-order valence-corrected chi connectivity index (χ1v) is 6.12. The van der Waals surface area contributed by atoms with E-state index in [1.54, 1.807) is 19.1 Å². The number of hydrogen-bond acceptors (Lipinski definition) is 1. The molecule has 0 aromatic heterocycles. The number of anilines is 1. The van der Waals surface area contributed by atoms with Crippen molar-refractivity contribution in [2.24, 2.45) is 0 Å². The van der Waals surface area contributed by atoms with Crippen LogP contribution >= 0.6 is 0 Å². The lowest BCUT2D eigenvalue weighted by molar-refractivity contribution is 0.102. The molecular formula is C16H16FNO. The maximum absolute atomic E-state index is 13.0. The second-order valence-corrected chi connectivity index (χ2v) is 4.73. The van der Waals surface area contributed by atoms with Gasteiger partial charge in [0, 0.05) is 11.3 Å². The van der Waals surface area contributed by atoms with Crippen LogP contribution in [0.15, 0.2) is 36.4 Å². The topological polar surface area (TPSA) is 29.1 Å². The van der Waals surface area contributed by atoms with Crippen molar-refractivity contribution in [2.75, 3.05) is 5.32 Å². The van der Waals surface area contributed by atoms with E-state index in [1.807, 2.05) is 26.0 Å². The molecule has 0 fully saturated rings. The third-order valence-corrected chi connectivity index (χ3v) is 3.06. The van der Waals surface area contributed by atoms with E-state index in [1.165, 1.54) is 12.1 Å². The Morgan fingerprint density at radius 1 is 1.00 bits per heavy atom. The van der Waals surface area contributed by atoms with E-state index in [-0.39, 0.29) is 11.7 Å². The van der Waals surface area contributed by atoms with Crippen LogP contribution in [0.2, 0.25) is 0 Å². The Kier molecular flexibility index (Phi) is 3.65. The summed E-state index contributed by atoms with van der Waals surface area (Å²) in [6, 6.07) is 9.99. The van der Waals surface area contributed by atoms with E-state index in [0.717, 1.165) is 11.1 Å². The summed E-state index contributed by atoms with van der Waals surface area (Å²) in [5, 5.41) is 2.81. The van der Waals surface area contributed by atoms with Gasteiger partial charge in [0.2, 0.25) is 0 Å². The average Bonchev–Trinajstić information content (AvgIpc) is 2.32. The van der Waals surface area contributed by atoms with Crippen LogP contribution in [0.4, 0.5) is 10.1 Å². The first-order chi connectivity index (χ1) is 8.97. The molecule has 0 saturated heterocycles. The Hall–Kier alpha value is -2.16. The van der Waals surface area contributed by atoms with Crippen LogP contribution in [-0.4, -0.2) is 5.91 Å². The van der Waals surface area contributed by atoms with Gasteiger partial charge in [-0.25, -0.2) is 4.39 Å². The number of nitrogens with one attached hydrogen (secondary N) is 1. The lowest BCUT2D eigenvalue weighted by atomic mass is 10.0. The van der Waals surface area contributed by atoms with E-state index >= 15 is 0 Å². The molecule has 0 heterocycles. The van der Waals surface area contributed by atoms with Crippen LogP contribution in [0, 0.1) is 26.6 Å². The smallest absolute Gasteiger partial charge is 0.255 e. The van der Waals surface area contributed by atoms with Crippen molar-refractivity contribution in [3.8, 4) is 0 Å². The predicted molar refractivity (Wildman–Crippen MR) is 75.0 cm³/mol. The Morgan fingerprint density at radius 2 is 1.74 bits per heavy atom. The molecule has 2 aromatic carbocycles. The van der Waals surface area contributed by atoms with Gasteiger partial charge in [-0.1, -0.05) is 17.7 Å². The highest BCUT2D eigenvalue weighted by atomic mass is 19.1. The Labute approximate surface area is 112 Å². The molecule has 1 amide bonds. The number of benzene rings is 2. The van der Waals surface area contributed by atoms with Gasteiger partial charge in [-0.15, -0.1) is 0 Å². The minimum atomic E-state index is -0.304. The molecule has 2 rings (SSSR count). The first-order valence-electron chi connectivity index (χ1n) is 6.12. The second kappa shape index (κ2) is 5.22. The molecule has 2 aromatic rings. The number of hydrogen-bond donors (Lipinski definition) is 1. The van der Waals surface area contributed by atoms with Crippen LogP contribution < -0.4 is 5.32 Å². The van der Waals surface area contributed by atoms with Gasteiger partial charge in [0.25, 0.3) is 5.91 Å². The van der Waals surface area contributed by atoms with Crippen molar-refractivity contribution < 1.29 is 9.18 Å². The molecule has 0 unspecified atom stereocenters. The van der Waals surface area contributed by atoms with Crippen LogP contribution in [0.1, 0.15) is 27.0 Å². The summed E-state index contributed by atoms with van der Waals surface area (Å²) in [6.07, 6.45) is 0. The largest absolute Gasteiger partial charge is 0.322 e. The molecule has 3 heteroatoms. The van der Waals surface area contributed by atoms with Gasteiger partial charge in [-0.05, 0) is 56.2 Å². The number of aryl methyl sites for hydroxylation is 3. The number of carbonyl (C=O) groups excluding carboxylic acids is 1. The lowest BCUT2D eigenvalue weighted by Crippen LogP contribution is -2.14. The predicted octanol–water partition coefficient (Wildman–Crippen LogP) is 4.00. The summed E-state index contributed by atoms with van der Waals surface area (Å²) < 4.78 is 13.0. The van der Waals surface area contributed by atoms with Crippen LogP contribution in [0.3, 0.4) is 0 Å². The number of halogens is 1. The van der Waals surface area contributed by atoms with Crippen LogP contribution in [0.5, 0.6) is 0 Å². The highest BCUT2D eigenvalue weighted by Crippen LogP contribution is 2.18. The molecule has 0 aliphatic carbocycles. The maximum atomic E-state index is 13.0. The van der Waals surface area contributed by atoms with Crippen molar-refractivity contribution in [1.82, 2.24) is 0 Å². The molecule has 1 N–H and O–H groups in total. The fourth-order valence-electron chi connectivity index (χ4n) is 2.03. The Balaban J connectivity index is 2.25. The van der Waals surface area contributed by atoms with Gasteiger partial charge < -0.3 is 5.32 Å². The third kappa shape index (κ3) is 2.99. The first kappa shape index (κ1) is 13.3. The summed E-state index contributed by atoms with van der Waals surface area (Å²) in [5.41, 5.74) is 4.02. The fourth-order valence-corrected chi connectivity index (χ4v) is 2.03. The zero-order chi connectivity index (χ0) is 14.0. The van der Waals surface area contributed by atoms with Gasteiger partial charge in [-0.2, -0.15) is 0 Å². The van der Waals surface area contributed by atoms with Gasteiger partial charge in [0.1, 0.15) is 5.82 Å². The minimum Gasteiger partial charge on any atom is -0.322 e. The van der Waals surface area contributed by atoms with E-state index in [4.69, 9.17) is 0 Å². The maximum Gasteiger partial charge on any atom is 0.255 e. The van der Waals surface area contributed by atoms with Crippen LogP contribution in [0.25, 0.3) is 0 Å². The molecular weight excluding hydrogens is 241 g/mol. The summed E-state index contributed by atoms with van der Waals surface area (Å²) >= 11 is 0. The van der Waals surface area contributed by atoms with Gasteiger partial charge in [0.05, 0.1) is 0 Å². The van der Waals surface area contributed by atoms with E-state index < -0.39 is 0 Å². The SMILES string of the molecule is Cc1ccc(C(=O)Nc2ccc(F)cc2C)c(C)c1. The van der Waals surface area contributed by atoms with Crippen molar-refractivity contribution in [3.05, 3.63) is 64.5 Å². The van der Waals surface area contributed by atoms with E-state index in [9.17, 15) is 9.18 Å². The quantitative estimate of drug-likeness (QED) is 0.865. The number of amides is 1. The Morgan fingerprint density at radius 3 is 2.37 bits per heavy atom.